The van der Waals surface area contributed by atoms with Crippen LogP contribution in [0, 0.1) is 11.6 Å². The van der Waals surface area contributed by atoms with E-state index in [-0.39, 0.29) is 35.8 Å². The second-order valence-corrected chi connectivity index (χ2v) is 10.8. The first-order valence-corrected chi connectivity index (χ1v) is 14.1. The molecule has 2 aliphatic heterocycles. The number of hydrogen-bond acceptors (Lipinski definition) is 8. The lowest BCUT2D eigenvalue weighted by atomic mass is 9.89. The molecular weight excluding hydrogens is 542 g/mol. The Morgan fingerprint density at radius 1 is 0.738 bits per heavy atom. The molecule has 8 nitrogen and oxygen atoms in total. The van der Waals surface area contributed by atoms with Gasteiger partial charge < -0.3 is 20.1 Å². The van der Waals surface area contributed by atoms with E-state index in [1.165, 1.54) is 23.3 Å². The van der Waals surface area contributed by atoms with Crippen LogP contribution >= 0.6 is 0 Å². The van der Waals surface area contributed by atoms with Gasteiger partial charge in [-0.2, -0.15) is 0 Å². The number of hydrogen-bond donors (Lipinski definition) is 2. The van der Waals surface area contributed by atoms with Crippen LogP contribution in [0.2, 0.25) is 0 Å². The highest BCUT2D eigenvalue weighted by Crippen LogP contribution is 2.29. The molecule has 0 saturated carbocycles. The highest BCUT2D eigenvalue weighted by atomic mass is 19.1. The van der Waals surface area contributed by atoms with Gasteiger partial charge in [0.15, 0.2) is 0 Å². The SMILES string of the molecule is O=C(/C=C/C(=O)OC1=NC(CC2=Cc3cc(F)ccc3CC2)CN1)OC1=NC(CC2=Cc3cc(F)ccc3CC2)CN1. The van der Waals surface area contributed by atoms with Gasteiger partial charge in [0, 0.05) is 25.2 Å². The van der Waals surface area contributed by atoms with Crippen molar-refractivity contribution in [1.82, 2.24) is 10.6 Å². The average molecular weight is 573 g/mol. The first-order chi connectivity index (χ1) is 20.4. The van der Waals surface area contributed by atoms with Gasteiger partial charge in [0.25, 0.3) is 12.0 Å². The van der Waals surface area contributed by atoms with Crippen molar-refractivity contribution in [3.8, 4) is 0 Å². The number of amidine groups is 2. The topological polar surface area (TPSA) is 101 Å². The van der Waals surface area contributed by atoms with Gasteiger partial charge in [-0.3, -0.25) is 0 Å². The third-order valence-corrected chi connectivity index (χ3v) is 7.69. The van der Waals surface area contributed by atoms with Gasteiger partial charge in [-0.25, -0.2) is 28.4 Å². The highest BCUT2D eigenvalue weighted by Gasteiger charge is 2.24. The molecule has 4 aliphatic rings. The van der Waals surface area contributed by atoms with Gasteiger partial charge in [-0.15, -0.1) is 0 Å². The Kier molecular flexibility index (Phi) is 7.94. The van der Waals surface area contributed by atoms with Gasteiger partial charge in [0.1, 0.15) is 11.6 Å². The second-order valence-electron chi connectivity index (χ2n) is 10.8. The number of halogens is 2. The number of aliphatic imine (C=N–C) groups is 2. The van der Waals surface area contributed by atoms with Crippen molar-refractivity contribution in [3.05, 3.63) is 93.6 Å². The Bertz CT molecular complexity index is 1460. The first kappa shape index (κ1) is 27.6. The maximum atomic E-state index is 13.6. The Hall–Kier alpha value is -4.60. The molecule has 0 bridgehead atoms. The third-order valence-electron chi connectivity index (χ3n) is 7.69. The molecule has 2 N–H and O–H groups in total. The number of fused-ring (bicyclic) bond motifs is 2. The van der Waals surface area contributed by atoms with Gasteiger partial charge in [-0.05, 0) is 85.0 Å². The number of nitrogens with zero attached hydrogens (tertiary/aromatic N) is 2. The zero-order chi connectivity index (χ0) is 29.1. The van der Waals surface area contributed by atoms with E-state index in [2.05, 4.69) is 20.6 Å². The molecule has 2 atom stereocenters. The predicted octanol–water partition coefficient (Wildman–Crippen LogP) is 4.40. The van der Waals surface area contributed by atoms with Crippen LogP contribution in [-0.4, -0.2) is 49.2 Å². The molecule has 0 saturated heterocycles. The van der Waals surface area contributed by atoms with Crippen molar-refractivity contribution in [3.63, 3.8) is 0 Å². The van der Waals surface area contributed by atoms with Crippen LogP contribution in [-0.2, 0) is 31.9 Å². The summed E-state index contributed by atoms with van der Waals surface area (Å²) in [6.07, 6.45) is 10.8. The number of esters is 2. The highest BCUT2D eigenvalue weighted by molar-refractivity contribution is 6.00. The number of nitrogens with one attached hydrogen (secondary N) is 2. The quantitative estimate of drug-likeness (QED) is 0.393. The molecule has 0 aromatic heterocycles. The Morgan fingerprint density at radius 2 is 1.19 bits per heavy atom. The summed E-state index contributed by atoms with van der Waals surface area (Å²) in [5, 5.41) is 5.93. The Labute approximate surface area is 241 Å². The number of ether oxygens (including phenoxy) is 2. The average Bonchev–Trinajstić information content (AvgIpc) is 3.60. The number of benzene rings is 2. The van der Waals surface area contributed by atoms with Crippen molar-refractivity contribution < 1.29 is 27.8 Å². The number of carbonyl (C=O) groups is 2. The fraction of sp³-hybridized carbons (Fsp3) is 0.312. The Morgan fingerprint density at radius 3 is 1.64 bits per heavy atom. The lowest BCUT2D eigenvalue weighted by Gasteiger charge is -2.17. The number of aryl methyl sites for hydroxylation is 2. The van der Waals surface area contributed by atoms with Gasteiger partial charge in [0.2, 0.25) is 0 Å². The Balaban J connectivity index is 0.958. The van der Waals surface area contributed by atoms with Gasteiger partial charge in [0.05, 0.1) is 12.1 Å². The maximum absolute atomic E-state index is 13.6. The molecule has 42 heavy (non-hydrogen) atoms. The van der Waals surface area contributed by atoms with Crippen LogP contribution < -0.4 is 10.6 Å². The third kappa shape index (κ3) is 6.82. The molecule has 2 aromatic rings. The van der Waals surface area contributed by atoms with Gasteiger partial charge in [-0.1, -0.05) is 35.4 Å². The summed E-state index contributed by atoms with van der Waals surface area (Å²) in [6.45, 7) is 1.02. The zero-order valence-electron chi connectivity index (χ0n) is 22.9. The minimum atomic E-state index is -0.764. The van der Waals surface area contributed by atoms with Crippen LogP contribution in [0.4, 0.5) is 8.78 Å². The van der Waals surface area contributed by atoms with E-state index in [1.807, 2.05) is 24.3 Å². The van der Waals surface area contributed by atoms with E-state index >= 15 is 0 Å². The summed E-state index contributed by atoms with van der Waals surface area (Å²) in [7, 11) is 0. The summed E-state index contributed by atoms with van der Waals surface area (Å²) in [6, 6.07) is 9.67. The van der Waals surface area contributed by atoms with Crippen LogP contribution in [0.5, 0.6) is 0 Å². The minimum Gasteiger partial charge on any atom is -0.389 e. The van der Waals surface area contributed by atoms with E-state index in [0.717, 1.165) is 60.1 Å². The molecular formula is C32H30F2N4O4. The number of rotatable bonds is 6. The van der Waals surface area contributed by atoms with Crippen molar-refractivity contribution in [1.29, 1.82) is 0 Å². The molecule has 0 fully saturated rings. The van der Waals surface area contributed by atoms with E-state index in [1.54, 1.807) is 12.1 Å². The molecule has 0 radical (unpaired) electrons. The lowest BCUT2D eigenvalue weighted by Crippen LogP contribution is -2.26. The maximum Gasteiger partial charge on any atom is 0.338 e. The molecule has 2 heterocycles. The van der Waals surface area contributed by atoms with Crippen LogP contribution in [0.3, 0.4) is 0 Å². The number of carbonyl (C=O) groups excluding carboxylic acids is 2. The first-order valence-electron chi connectivity index (χ1n) is 14.1. The normalized spacial score (nSPS) is 20.8. The summed E-state index contributed by atoms with van der Waals surface area (Å²) in [4.78, 5) is 33.3. The minimum absolute atomic E-state index is 0.0953. The molecule has 0 spiro atoms. The molecule has 2 aromatic carbocycles. The molecule has 6 rings (SSSR count). The van der Waals surface area contributed by atoms with Crippen molar-refractivity contribution in [2.24, 2.45) is 9.98 Å². The van der Waals surface area contributed by atoms with Crippen molar-refractivity contribution >= 4 is 36.1 Å². The molecule has 10 heteroatoms. The molecule has 2 aliphatic carbocycles. The smallest absolute Gasteiger partial charge is 0.338 e. The largest absolute Gasteiger partial charge is 0.389 e. The standard InChI is InChI=1S/C32H30F2N4O4/c33-25-7-5-21-3-1-19(11-23(21)15-25)13-27-17-35-31(37-27)41-29(39)9-10-30(40)42-32-36-18-28(38-32)14-20-2-4-22-6-8-26(34)16-24(22)12-20/h5-12,15-16,27-28H,1-4,13-14,17-18H2,(H,35,37)(H,36,38)/b10-9+. The summed E-state index contributed by atoms with van der Waals surface area (Å²) in [5.74, 6) is -2.04. The van der Waals surface area contributed by atoms with Crippen molar-refractivity contribution in [2.45, 2.75) is 50.6 Å². The van der Waals surface area contributed by atoms with Crippen LogP contribution in [0.1, 0.15) is 47.9 Å². The van der Waals surface area contributed by atoms with E-state index in [4.69, 9.17) is 9.47 Å². The summed E-state index contributed by atoms with van der Waals surface area (Å²) < 4.78 is 37.6. The monoisotopic (exact) mass is 572 g/mol. The lowest BCUT2D eigenvalue weighted by molar-refractivity contribution is -0.132. The van der Waals surface area contributed by atoms with Crippen LogP contribution in [0.25, 0.3) is 12.2 Å². The molecule has 2 unspecified atom stereocenters. The molecule has 216 valence electrons. The summed E-state index contributed by atoms with van der Waals surface area (Å²) >= 11 is 0. The van der Waals surface area contributed by atoms with E-state index in [9.17, 15) is 18.4 Å². The van der Waals surface area contributed by atoms with Crippen LogP contribution in [0.15, 0.2) is 69.7 Å². The summed E-state index contributed by atoms with van der Waals surface area (Å²) in [5.41, 5.74) is 6.39. The second kappa shape index (κ2) is 12.1. The van der Waals surface area contributed by atoms with E-state index < -0.39 is 11.9 Å². The molecule has 0 amide bonds. The predicted molar refractivity (Wildman–Crippen MR) is 154 cm³/mol. The fourth-order valence-corrected chi connectivity index (χ4v) is 5.64. The van der Waals surface area contributed by atoms with E-state index in [0.29, 0.717) is 25.9 Å². The van der Waals surface area contributed by atoms with Gasteiger partial charge >= 0.3 is 11.9 Å². The zero-order valence-corrected chi connectivity index (χ0v) is 22.9. The fourth-order valence-electron chi connectivity index (χ4n) is 5.64. The van der Waals surface area contributed by atoms with Crippen molar-refractivity contribution in [2.75, 3.05) is 13.1 Å².